The molecule has 0 spiro atoms. The van der Waals surface area contributed by atoms with Gasteiger partial charge in [-0.2, -0.15) is 0 Å². The molecule has 0 radical (unpaired) electrons. The minimum absolute atomic E-state index is 0.0109. The maximum Gasteiger partial charge on any atom is 0.320 e. The van der Waals surface area contributed by atoms with Crippen molar-refractivity contribution in [3.05, 3.63) is 0 Å². The summed E-state index contributed by atoms with van der Waals surface area (Å²) in [6.07, 6.45) is 12.6. The van der Waals surface area contributed by atoms with Crippen LogP contribution in [0.5, 0.6) is 0 Å². The molecule has 0 fully saturated rings. The van der Waals surface area contributed by atoms with E-state index in [1.54, 1.807) is 11.9 Å². The number of likely N-dealkylation sites (N-methyl/N-ethyl adjacent to an activating group) is 2. The number of hydrogen-bond acceptors (Lipinski definition) is 5. The molecular weight excluding hydrogens is 332 g/mol. The summed E-state index contributed by atoms with van der Waals surface area (Å²) in [4.78, 5) is 25.9. The smallest absolute Gasteiger partial charge is 0.320 e. The number of carbonyl (C=O) groups excluding carboxylic acids is 1. The van der Waals surface area contributed by atoms with Crippen molar-refractivity contribution in [1.29, 1.82) is 0 Å². The Balaban J connectivity index is 3.44. The summed E-state index contributed by atoms with van der Waals surface area (Å²) < 4.78 is 5.27. The molecule has 6 heteroatoms. The largest absolute Gasteiger partial charge is 0.480 e. The Labute approximate surface area is 159 Å². The van der Waals surface area contributed by atoms with Crippen LogP contribution in [0.3, 0.4) is 0 Å². The van der Waals surface area contributed by atoms with Crippen LogP contribution in [0, 0.1) is 0 Å². The van der Waals surface area contributed by atoms with E-state index in [2.05, 4.69) is 6.92 Å². The SMILES string of the molecule is CCCCCCCCCCCCOC(=O)CN(C)CCN(C)CC(=O)O. The Morgan fingerprint density at radius 2 is 1.23 bits per heavy atom. The molecule has 0 aliphatic heterocycles. The lowest BCUT2D eigenvalue weighted by molar-refractivity contribution is -0.145. The summed E-state index contributed by atoms with van der Waals surface area (Å²) in [6, 6.07) is 0. The van der Waals surface area contributed by atoms with E-state index in [1.807, 2.05) is 11.9 Å². The second-order valence-electron chi connectivity index (χ2n) is 7.27. The fourth-order valence-electron chi connectivity index (χ4n) is 2.77. The van der Waals surface area contributed by atoms with Crippen molar-refractivity contribution in [1.82, 2.24) is 9.80 Å². The molecule has 0 aliphatic rings. The van der Waals surface area contributed by atoms with Crippen LogP contribution < -0.4 is 0 Å². The first-order valence-electron chi connectivity index (χ1n) is 10.2. The number of carboxylic acids is 1. The maximum absolute atomic E-state index is 11.8. The van der Waals surface area contributed by atoms with Crippen molar-refractivity contribution in [2.45, 2.75) is 71.1 Å². The molecule has 0 aromatic rings. The molecule has 1 N–H and O–H groups in total. The predicted molar refractivity (Wildman–Crippen MR) is 105 cm³/mol. The highest BCUT2D eigenvalue weighted by molar-refractivity contribution is 5.71. The highest BCUT2D eigenvalue weighted by Crippen LogP contribution is 2.10. The van der Waals surface area contributed by atoms with E-state index in [0.717, 1.165) is 12.8 Å². The number of carboxylic acid groups (broad SMARTS) is 1. The van der Waals surface area contributed by atoms with Gasteiger partial charge in [0.05, 0.1) is 19.7 Å². The van der Waals surface area contributed by atoms with E-state index in [-0.39, 0.29) is 19.1 Å². The minimum atomic E-state index is -0.842. The quantitative estimate of drug-likeness (QED) is 0.294. The van der Waals surface area contributed by atoms with Crippen LogP contribution in [0.25, 0.3) is 0 Å². The highest BCUT2D eigenvalue weighted by atomic mass is 16.5. The van der Waals surface area contributed by atoms with Crippen LogP contribution in [0.4, 0.5) is 0 Å². The number of aliphatic carboxylic acids is 1. The van der Waals surface area contributed by atoms with Gasteiger partial charge in [0.2, 0.25) is 0 Å². The van der Waals surface area contributed by atoms with Crippen LogP contribution in [0.1, 0.15) is 71.1 Å². The Bertz CT molecular complexity index is 364. The van der Waals surface area contributed by atoms with Gasteiger partial charge in [0.1, 0.15) is 0 Å². The Kier molecular flexibility index (Phi) is 16.5. The van der Waals surface area contributed by atoms with Crippen molar-refractivity contribution in [3.63, 3.8) is 0 Å². The van der Waals surface area contributed by atoms with Crippen molar-refractivity contribution >= 4 is 11.9 Å². The number of unbranched alkanes of at least 4 members (excludes halogenated alkanes) is 9. The summed E-state index contributed by atoms with van der Waals surface area (Å²) in [5.74, 6) is -1.05. The standard InChI is InChI=1S/C20H40N2O4/c1-4-5-6-7-8-9-10-11-12-13-16-26-20(25)18-22(3)15-14-21(2)17-19(23)24/h4-18H2,1-3H3,(H,23,24). The average molecular weight is 373 g/mol. The highest BCUT2D eigenvalue weighted by Gasteiger charge is 2.10. The van der Waals surface area contributed by atoms with E-state index >= 15 is 0 Å². The molecule has 0 rings (SSSR count). The van der Waals surface area contributed by atoms with Gasteiger partial charge < -0.3 is 9.84 Å². The van der Waals surface area contributed by atoms with Gasteiger partial charge in [-0.1, -0.05) is 64.7 Å². The van der Waals surface area contributed by atoms with E-state index < -0.39 is 5.97 Å². The number of carbonyl (C=O) groups is 2. The Hall–Kier alpha value is -1.14. The molecule has 0 amide bonds. The molecule has 0 unspecified atom stereocenters. The number of ether oxygens (including phenoxy) is 1. The van der Waals surface area contributed by atoms with Gasteiger partial charge >= 0.3 is 11.9 Å². The molecule has 0 aromatic carbocycles. The molecule has 154 valence electrons. The Morgan fingerprint density at radius 3 is 1.73 bits per heavy atom. The van der Waals surface area contributed by atoms with Gasteiger partial charge in [-0.05, 0) is 20.5 Å². The third-order valence-corrected chi connectivity index (χ3v) is 4.43. The monoisotopic (exact) mass is 372 g/mol. The molecule has 0 atom stereocenters. The summed E-state index contributed by atoms with van der Waals surface area (Å²) in [6.45, 7) is 4.25. The van der Waals surface area contributed by atoms with Gasteiger partial charge in [0, 0.05) is 13.1 Å². The van der Waals surface area contributed by atoms with E-state index in [4.69, 9.17) is 9.84 Å². The van der Waals surface area contributed by atoms with Crippen LogP contribution in [-0.2, 0) is 14.3 Å². The first kappa shape index (κ1) is 24.9. The van der Waals surface area contributed by atoms with Crippen LogP contribution in [0.2, 0.25) is 0 Å². The fraction of sp³-hybridized carbons (Fsp3) is 0.900. The summed E-state index contributed by atoms with van der Waals surface area (Å²) in [7, 11) is 3.60. The maximum atomic E-state index is 11.8. The zero-order chi connectivity index (χ0) is 19.6. The van der Waals surface area contributed by atoms with Gasteiger partial charge in [0.25, 0.3) is 0 Å². The minimum Gasteiger partial charge on any atom is -0.480 e. The summed E-state index contributed by atoms with van der Waals surface area (Å²) >= 11 is 0. The molecule has 0 heterocycles. The van der Waals surface area contributed by atoms with Gasteiger partial charge in [-0.3, -0.25) is 19.4 Å². The molecular formula is C20H40N2O4. The number of nitrogens with zero attached hydrogens (tertiary/aromatic N) is 2. The zero-order valence-corrected chi connectivity index (χ0v) is 17.2. The molecule has 0 bridgehead atoms. The van der Waals surface area contributed by atoms with Crippen LogP contribution in [-0.4, -0.2) is 73.7 Å². The normalized spacial score (nSPS) is 11.3. The fourth-order valence-corrected chi connectivity index (χ4v) is 2.77. The van der Waals surface area contributed by atoms with Crippen molar-refractivity contribution < 1.29 is 19.4 Å². The predicted octanol–water partition coefficient (Wildman–Crippen LogP) is 3.40. The number of hydrogen-bond donors (Lipinski definition) is 1. The second kappa shape index (κ2) is 17.3. The van der Waals surface area contributed by atoms with Crippen LogP contribution in [0.15, 0.2) is 0 Å². The molecule has 0 saturated heterocycles. The third-order valence-electron chi connectivity index (χ3n) is 4.43. The van der Waals surface area contributed by atoms with Crippen LogP contribution >= 0.6 is 0 Å². The second-order valence-corrected chi connectivity index (χ2v) is 7.27. The molecule has 0 saturated carbocycles. The number of esters is 1. The molecule has 0 aliphatic carbocycles. The van der Waals surface area contributed by atoms with Gasteiger partial charge in [0.15, 0.2) is 0 Å². The zero-order valence-electron chi connectivity index (χ0n) is 17.2. The lowest BCUT2D eigenvalue weighted by Gasteiger charge is -2.20. The van der Waals surface area contributed by atoms with E-state index in [1.165, 1.54) is 51.4 Å². The molecule has 6 nitrogen and oxygen atoms in total. The van der Waals surface area contributed by atoms with Gasteiger partial charge in [-0.15, -0.1) is 0 Å². The van der Waals surface area contributed by atoms with Crippen molar-refractivity contribution in [2.24, 2.45) is 0 Å². The third kappa shape index (κ3) is 17.7. The Morgan fingerprint density at radius 1 is 0.769 bits per heavy atom. The van der Waals surface area contributed by atoms with E-state index in [0.29, 0.717) is 19.7 Å². The lowest BCUT2D eigenvalue weighted by atomic mass is 10.1. The first-order chi connectivity index (χ1) is 12.5. The average Bonchev–Trinajstić information content (AvgIpc) is 2.57. The molecule has 0 aromatic heterocycles. The lowest BCUT2D eigenvalue weighted by Crippen LogP contribution is -2.36. The number of rotatable bonds is 18. The topological polar surface area (TPSA) is 70.1 Å². The first-order valence-corrected chi connectivity index (χ1v) is 10.2. The van der Waals surface area contributed by atoms with Crippen molar-refractivity contribution in [3.8, 4) is 0 Å². The van der Waals surface area contributed by atoms with Crippen molar-refractivity contribution in [2.75, 3.05) is 46.9 Å². The van der Waals surface area contributed by atoms with E-state index in [9.17, 15) is 9.59 Å². The molecule has 26 heavy (non-hydrogen) atoms. The summed E-state index contributed by atoms with van der Waals surface area (Å²) in [5, 5.41) is 8.70. The van der Waals surface area contributed by atoms with Gasteiger partial charge in [-0.25, -0.2) is 0 Å². The summed E-state index contributed by atoms with van der Waals surface area (Å²) in [5.41, 5.74) is 0.